The van der Waals surface area contributed by atoms with Crippen LogP contribution in [0.4, 0.5) is 8.78 Å². The van der Waals surface area contributed by atoms with E-state index < -0.39 is 12.7 Å². The molecule has 2 fully saturated rings. The minimum absolute atomic E-state index is 0.0314. The van der Waals surface area contributed by atoms with Crippen LogP contribution in [0.1, 0.15) is 54.5 Å². The third-order valence-electron chi connectivity index (χ3n) is 10.8. The Morgan fingerprint density at radius 3 is 2.24 bits per heavy atom. The van der Waals surface area contributed by atoms with Crippen molar-refractivity contribution in [2.45, 2.75) is 66.3 Å². The van der Waals surface area contributed by atoms with Gasteiger partial charge in [0.15, 0.2) is 11.2 Å². The van der Waals surface area contributed by atoms with Crippen LogP contribution in [0.25, 0.3) is 56.2 Å². The van der Waals surface area contributed by atoms with E-state index in [1.54, 1.807) is 6.07 Å². The lowest BCUT2D eigenvalue weighted by Crippen LogP contribution is -2.52. The lowest BCUT2D eigenvalue weighted by Gasteiger charge is -2.46. The van der Waals surface area contributed by atoms with Crippen LogP contribution >= 0.6 is 0 Å². The average Bonchev–Trinajstić information content (AvgIpc) is 3.89. The molecule has 4 aromatic carbocycles. The van der Waals surface area contributed by atoms with Gasteiger partial charge in [-0.25, -0.2) is 9.97 Å². The van der Waals surface area contributed by atoms with E-state index >= 15 is 0 Å². The average molecular weight is 746 g/mol. The molecular weight excluding hydrogens is 704 g/mol. The van der Waals surface area contributed by atoms with Gasteiger partial charge >= 0.3 is 12.6 Å². The van der Waals surface area contributed by atoms with Crippen molar-refractivity contribution in [1.82, 2.24) is 19.8 Å². The summed E-state index contributed by atoms with van der Waals surface area (Å²) in [7, 11) is 1.34. The van der Waals surface area contributed by atoms with Crippen molar-refractivity contribution in [2.24, 2.45) is 5.41 Å². The van der Waals surface area contributed by atoms with Crippen molar-refractivity contribution in [2.75, 3.05) is 26.7 Å². The predicted octanol–water partition coefficient (Wildman–Crippen LogP) is 9.04. The van der Waals surface area contributed by atoms with E-state index in [4.69, 9.17) is 28.3 Å². The molecule has 2 aliphatic heterocycles. The number of halogens is 2. The quantitative estimate of drug-likeness (QED) is 0.126. The highest BCUT2D eigenvalue weighted by Gasteiger charge is 2.34. The molecule has 0 bridgehead atoms. The molecule has 2 aromatic heterocycles. The summed E-state index contributed by atoms with van der Waals surface area (Å²) in [5.74, 6) is 0.381. The first-order valence-corrected chi connectivity index (χ1v) is 18.4. The van der Waals surface area contributed by atoms with Gasteiger partial charge in [-0.3, -0.25) is 14.6 Å². The van der Waals surface area contributed by atoms with Gasteiger partial charge < -0.3 is 18.3 Å². The van der Waals surface area contributed by atoms with Crippen molar-refractivity contribution in [3.63, 3.8) is 0 Å². The molecule has 0 spiro atoms. The van der Waals surface area contributed by atoms with Crippen molar-refractivity contribution in [3.05, 3.63) is 88.5 Å². The lowest BCUT2D eigenvalue weighted by atomic mass is 9.84. The van der Waals surface area contributed by atoms with Crippen molar-refractivity contribution < 1.29 is 31.9 Å². The van der Waals surface area contributed by atoms with Crippen molar-refractivity contribution in [1.29, 1.82) is 5.26 Å². The number of methoxy groups -OCH3 is 1. The van der Waals surface area contributed by atoms with E-state index in [0.29, 0.717) is 63.5 Å². The van der Waals surface area contributed by atoms with Gasteiger partial charge in [-0.2, -0.15) is 14.0 Å². The van der Waals surface area contributed by atoms with Gasteiger partial charge in [0.25, 0.3) is 0 Å². The smallest absolute Gasteiger partial charge is 0.387 e. The Morgan fingerprint density at radius 1 is 0.945 bits per heavy atom. The Balaban J connectivity index is 1.12. The maximum absolute atomic E-state index is 13.6. The van der Waals surface area contributed by atoms with Crippen LogP contribution in [0.15, 0.2) is 69.5 Å². The molecule has 10 nitrogen and oxygen atoms in total. The van der Waals surface area contributed by atoms with Crippen LogP contribution in [-0.4, -0.2) is 65.1 Å². The minimum atomic E-state index is -3.05. The molecular formula is C43H41F2N5O5. The number of rotatable bonds is 10. The molecule has 1 atom stereocenters. The van der Waals surface area contributed by atoms with Gasteiger partial charge in [0, 0.05) is 48.9 Å². The number of aromatic nitrogens is 2. The maximum Gasteiger partial charge on any atom is 0.387 e. The summed E-state index contributed by atoms with van der Waals surface area (Å²) in [6, 6.07) is 20.7. The van der Waals surface area contributed by atoms with Crippen LogP contribution in [-0.2, 0) is 22.6 Å². The Morgan fingerprint density at radius 2 is 1.60 bits per heavy atom. The normalized spacial score (nSPS) is 17.2. The zero-order chi connectivity index (χ0) is 38.6. The third-order valence-corrected chi connectivity index (χ3v) is 10.8. The van der Waals surface area contributed by atoms with Crippen molar-refractivity contribution in [3.8, 4) is 45.9 Å². The van der Waals surface area contributed by atoms with E-state index in [0.717, 1.165) is 65.0 Å². The fraction of sp³-hybridized carbons (Fsp3) is 0.349. The highest BCUT2D eigenvalue weighted by molar-refractivity contribution is 5.86. The summed E-state index contributed by atoms with van der Waals surface area (Å²) in [4.78, 5) is 26.3. The molecule has 0 saturated carbocycles. The Kier molecular flexibility index (Phi) is 9.39. The van der Waals surface area contributed by atoms with E-state index in [2.05, 4.69) is 24.8 Å². The van der Waals surface area contributed by atoms with Crippen LogP contribution < -0.4 is 4.74 Å². The summed E-state index contributed by atoms with van der Waals surface area (Å²) in [6.45, 7) is 9.06. The number of oxazole rings is 2. The molecule has 6 aromatic rings. The molecule has 0 aliphatic carbocycles. The molecule has 2 aliphatic rings. The summed E-state index contributed by atoms with van der Waals surface area (Å²) in [5, 5.41) is 10.0. The maximum atomic E-state index is 13.6. The Bertz CT molecular complexity index is 2490. The predicted molar refractivity (Wildman–Crippen MR) is 203 cm³/mol. The SMILES string of the molecule is COC(=O)[C@@H]1CCCN1Cc1cc2nc(-c3cccc(-c4cccc(-c5nc6cc(CN7CC(C)(C)C7)cc(C#N)c6o5)c4C)c3C)oc2cc1OC(F)F. The van der Waals surface area contributed by atoms with Crippen LogP contribution in [0.3, 0.4) is 0 Å². The number of fused-ring (bicyclic) bond motifs is 2. The number of ether oxygens (including phenoxy) is 2. The van der Waals surface area contributed by atoms with Crippen molar-refractivity contribution >= 4 is 28.2 Å². The second-order valence-electron chi connectivity index (χ2n) is 15.4. The van der Waals surface area contributed by atoms with E-state index in [1.807, 2.05) is 67.3 Å². The summed E-state index contributed by atoms with van der Waals surface area (Å²) >= 11 is 0. The van der Waals surface area contributed by atoms with Crippen LogP contribution in [0.2, 0.25) is 0 Å². The van der Waals surface area contributed by atoms with Gasteiger partial charge in [0.2, 0.25) is 11.8 Å². The fourth-order valence-corrected chi connectivity index (χ4v) is 8.31. The number of likely N-dealkylation sites (tertiary alicyclic amines) is 2. The molecule has 0 N–H and O–H groups in total. The number of nitriles is 1. The highest BCUT2D eigenvalue weighted by atomic mass is 19.3. The van der Waals surface area contributed by atoms with E-state index in [1.165, 1.54) is 13.2 Å². The highest BCUT2D eigenvalue weighted by Crippen LogP contribution is 2.40. The summed E-state index contributed by atoms with van der Waals surface area (Å²) in [5.41, 5.74) is 9.46. The van der Waals surface area contributed by atoms with Crippen LogP contribution in [0, 0.1) is 30.6 Å². The number of carbonyl (C=O) groups excluding carboxylic acids is 1. The number of hydrogen-bond acceptors (Lipinski definition) is 10. The molecule has 55 heavy (non-hydrogen) atoms. The Labute approximate surface area is 317 Å². The number of nitrogens with zero attached hydrogens (tertiary/aromatic N) is 5. The molecule has 8 rings (SSSR count). The zero-order valence-corrected chi connectivity index (χ0v) is 31.4. The van der Waals surface area contributed by atoms with Gasteiger partial charge in [-0.1, -0.05) is 38.1 Å². The zero-order valence-electron chi connectivity index (χ0n) is 31.4. The first kappa shape index (κ1) is 36.3. The first-order valence-electron chi connectivity index (χ1n) is 18.4. The summed E-state index contributed by atoms with van der Waals surface area (Å²) in [6.07, 6.45) is 1.41. The summed E-state index contributed by atoms with van der Waals surface area (Å²) < 4.78 is 49.5. The largest absolute Gasteiger partial charge is 0.468 e. The monoisotopic (exact) mass is 745 g/mol. The van der Waals surface area contributed by atoms with Gasteiger partial charge in [-0.15, -0.1) is 0 Å². The number of alkyl halides is 2. The fourth-order valence-electron chi connectivity index (χ4n) is 8.31. The molecule has 2 saturated heterocycles. The lowest BCUT2D eigenvalue weighted by molar-refractivity contribution is -0.146. The van der Waals surface area contributed by atoms with Crippen LogP contribution in [0.5, 0.6) is 5.75 Å². The number of hydrogen-bond donors (Lipinski definition) is 0. The van der Waals surface area contributed by atoms with Gasteiger partial charge in [0.1, 0.15) is 28.9 Å². The molecule has 0 unspecified atom stereocenters. The molecule has 0 radical (unpaired) electrons. The standard InChI is InChI=1S/C43H41F2N5O5/c1-24-29(30-10-7-12-32(25(30)2)40-48-34-16-26(15-27(19-46)38(34)55-40)20-49-22-43(3,4)23-49)9-6-11-31(24)39-47-33-17-28(36(54-42(44)45)18-37(33)53-39)21-50-14-8-13-35(50)41(51)52-5/h6-7,9-12,15-18,35,42H,8,13-14,20-23H2,1-5H3/t35-/m0/s1. The van der Waals surface area contributed by atoms with E-state index in [-0.39, 0.29) is 18.3 Å². The molecule has 0 amide bonds. The first-order chi connectivity index (χ1) is 26.4. The third kappa shape index (κ3) is 6.94. The second-order valence-corrected chi connectivity index (χ2v) is 15.4. The van der Waals surface area contributed by atoms with Gasteiger partial charge in [0.05, 0.1) is 12.7 Å². The minimum Gasteiger partial charge on any atom is -0.468 e. The van der Waals surface area contributed by atoms with E-state index in [9.17, 15) is 18.8 Å². The number of benzene rings is 4. The number of carbonyl (C=O) groups is 1. The molecule has 12 heteroatoms. The number of esters is 1. The molecule has 4 heterocycles. The topological polar surface area (TPSA) is 118 Å². The second kappa shape index (κ2) is 14.2. The molecule has 282 valence electrons. The van der Waals surface area contributed by atoms with Gasteiger partial charge in [-0.05, 0) is 96.8 Å². The Hall–Kier alpha value is -5.64.